The Hall–Kier alpha value is -2.90. The number of nitrogens with zero attached hydrogens (tertiary/aromatic N) is 2. The quantitative estimate of drug-likeness (QED) is 0.574. The van der Waals surface area contributed by atoms with Gasteiger partial charge in [0, 0.05) is 38.4 Å². The van der Waals surface area contributed by atoms with Gasteiger partial charge in [-0.05, 0) is 42.8 Å². The molecule has 0 unspecified atom stereocenters. The van der Waals surface area contributed by atoms with Gasteiger partial charge >= 0.3 is 0 Å². The number of benzene rings is 2. The lowest BCUT2D eigenvalue weighted by Crippen LogP contribution is -2.51. The maximum atomic E-state index is 12.4. The monoisotopic (exact) mass is 424 g/mol. The molecule has 0 spiro atoms. The van der Waals surface area contributed by atoms with Crippen LogP contribution in [0.15, 0.2) is 54.6 Å². The number of carbonyl (C=O) groups excluding carboxylic acids is 2. The Bertz CT molecular complexity index is 818. The summed E-state index contributed by atoms with van der Waals surface area (Å²) in [4.78, 5) is 28.6. The Morgan fingerprint density at radius 2 is 1.42 bits per heavy atom. The Labute approximate surface area is 184 Å². The van der Waals surface area contributed by atoms with Gasteiger partial charge in [0.2, 0.25) is 11.8 Å². The van der Waals surface area contributed by atoms with Gasteiger partial charge in [-0.25, -0.2) is 0 Å². The largest absolute Gasteiger partial charge is 0.457 e. The zero-order valence-corrected chi connectivity index (χ0v) is 18.2. The van der Waals surface area contributed by atoms with Crippen LogP contribution < -0.4 is 15.4 Å². The van der Waals surface area contributed by atoms with E-state index < -0.39 is 0 Å². The summed E-state index contributed by atoms with van der Waals surface area (Å²) in [5.41, 5.74) is 0.743. The van der Waals surface area contributed by atoms with Gasteiger partial charge in [-0.15, -0.1) is 0 Å². The third-order valence-electron chi connectivity index (χ3n) is 5.17. The van der Waals surface area contributed by atoms with Gasteiger partial charge in [0.25, 0.3) is 0 Å². The van der Waals surface area contributed by atoms with Gasteiger partial charge < -0.3 is 15.4 Å². The van der Waals surface area contributed by atoms with E-state index in [4.69, 9.17) is 4.74 Å². The van der Waals surface area contributed by atoms with Crippen molar-refractivity contribution in [3.05, 3.63) is 54.6 Å². The van der Waals surface area contributed by atoms with Crippen LogP contribution in [0.25, 0.3) is 0 Å². The number of hydrogen-bond donors (Lipinski definition) is 2. The molecule has 1 heterocycles. The number of anilines is 1. The molecule has 2 amide bonds. The van der Waals surface area contributed by atoms with E-state index in [0.29, 0.717) is 13.1 Å². The van der Waals surface area contributed by atoms with Crippen LogP contribution in [0.5, 0.6) is 11.5 Å². The summed E-state index contributed by atoms with van der Waals surface area (Å²) < 4.78 is 5.77. The number of nitrogens with one attached hydrogen (secondary N) is 2. The van der Waals surface area contributed by atoms with E-state index in [2.05, 4.69) is 27.4 Å². The highest BCUT2D eigenvalue weighted by molar-refractivity contribution is 5.92. The molecule has 31 heavy (non-hydrogen) atoms. The van der Waals surface area contributed by atoms with Crippen molar-refractivity contribution in [2.45, 2.75) is 19.8 Å². The number of hydrogen-bond acceptors (Lipinski definition) is 5. The molecular formula is C24H32N4O3. The van der Waals surface area contributed by atoms with Crippen molar-refractivity contribution in [1.82, 2.24) is 15.1 Å². The standard InChI is InChI=1S/C24H32N4O3/c1-2-3-13-25-23(29)18-27-14-16-28(17-15-27)19-24(30)26-20-9-11-22(12-10-20)31-21-7-5-4-6-8-21/h4-12H,2-3,13-19H2,1H3,(H,25,29)(H,26,30). The molecule has 1 aliphatic rings. The van der Waals surface area contributed by atoms with E-state index in [0.717, 1.165) is 62.8 Å². The fourth-order valence-electron chi connectivity index (χ4n) is 3.40. The third-order valence-corrected chi connectivity index (χ3v) is 5.17. The van der Waals surface area contributed by atoms with Crippen LogP contribution in [0.4, 0.5) is 5.69 Å². The van der Waals surface area contributed by atoms with E-state index in [1.54, 1.807) is 0 Å². The number of carbonyl (C=O) groups is 2. The van der Waals surface area contributed by atoms with Crippen LogP contribution in [0, 0.1) is 0 Å². The van der Waals surface area contributed by atoms with Gasteiger partial charge in [-0.1, -0.05) is 31.5 Å². The van der Waals surface area contributed by atoms with Crippen molar-refractivity contribution in [1.29, 1.82) is 0 Å². The average Bonchev–Trinajstić information content (AvgIpc) is 2.77. The van der Waals surface area contributed by atoms with Crippen molar-refractivity contribution in [3.8, 4) is 11.5 Å². The molecule has 0 aliphatic carbocycles. The predicted octanol–water partition coefficient (Wildman–Crippen LogP) is 2.95. The Kier molecular flexibility index (Phi) is 8.87. The molecule has 2 N–H and O–H groups in total. The highest BCUT2D eigenvalue weighted by atomic mass is 16.5. The molecule has 7 nitrogen and oxygen atoms in total. The fraction of sp³-hybridized carbons (Fsp3) is 0.417. The second-order valence-corrected chi connectivity index (χ2v) is 7.74. The van der Waals surface area contributed by atoms with E-state index in [9.17, 15) is 9.59 Å². The summed E-state index contributed by atoms with van der Waals surface area (Å²) in [7, 11) is 0. The summed E-state index contributed by atoms with van der Waals surface area (Å²) in [6.45, 7) is 6.77. The van der Waals surface area contributed by atoms with Crippen molar-refractivity contribution in [2.24, 2.45) is 0 Å². The van der Waals surface area contributed by atoms with Crippen LogP contribution in [0.2, 0.25) is 0 Å². The zero-order chi connectivity index (χ0) is 21.9. The molecule has 0 saturated carbocycles. The molecule has 3 rings (SSSR count). The molecule has 166 valence electrons. The summed E-state index contributed by atoms with van der Waals surface area (Å²) in [5, 5.41) is 5.89. The molecule has 2 aromatic rings. The van der Waals surface area contributed by atoms with Gasteiger partial charge in [0.1, 0.15) is 11.5 Å². The van der Waals surface area contributed by atoms with E-state index in [-0.39, 0.29) is 11.8 Å². The maximum Gasteiger partial charge on any atom is 0.238 e. The van der Waals surface area contributed by atoms with Crippen LogP contribution >= 0.6 is 0 Å². The number of piperazine rings is 1. The molecule has 7 heteroatoms. The number of para-hydroxylation sites is 1. The lowest BCUT2D eigenvalue weighted by Gasteiger charge is -2.33. The van der Waals surface area contributed by atoms with Gasteiger partial charge in [0.05, 0.1) is 13.1 Å². The van der Waals surface area contributed by atoms with Crippen molar-refractivity contribution in [3.63, 3.8) is 0 Å². The molecule has 0 aromatic heterocycles. The number of rotatable bonds is 10. The summed E-state index contributed by atoms with van der Waals surface area (Å²) in [6, 6.07) is 16.9. The summed E-state index contributed by atoms with van der Waals surface area (Å²) >= 11 is 0. The van der Waals surface area contributed by atoms with Crippen LogP contribution in [0.3, 0.4) is 0 Å². The topological polar surface area (TPSA) is 73.9 Å². The van der Waals surface area contributed by atoms with Gasteiger partial charge in [-0.3, -0.25) is 19.4 Å². The zero-order valence-electron chi connectivity index (χ0n) is 18.2. The lowest BCUT2D eigenvalue weighted by molar-refractivity contribution is -0.123. The van der Waals surface area contributed by atoms with Crippen LogP contribution in [0.1, 0.15) is 19.8 Å². The maximum absolute atomic E-state index is 12.4. The number of unbranched alkanes of at least 4 members (excludes halogenated alkanes) is 1. The summed E-state index contributed by atoms with van der Waals surface area (Å²) in [5.74, 6) is 1.54. The number of ether oxygens (including phenoxy) is 1. The molecule has 0 radical (unpaired) electrons. The minimum Gasteiger partial charge on any atom is -0.457 e. The first-order valence-electron chi connectivity index (χ1n) is 11.0. The van der Waals surface area contributed by atoms with Gasteiger partial charge in [0.15, 0.2) is 0 Å². The smallest absolute Gasteiger partial charge is 0.238 e. The molecule has 1 fully saturated rings. The summed E-state index contributed by atoms with van der Waals surface area (Å²) in [6.07, 6.45) is 2.09. The third kappa shape index (κ3) is 8.03. The SMILES string of the molecule is CCCCNC(=O)CN1CCN(CC(=O)Nc2ccc(Oc3ccccc3)cc2)CC1. The normalized spacial score (nSPS) is 14.7. The second-order valence-electron chi connectivity index (χ2n) is 7.74. The first-order valence-corrected chi connectivity index (χ1v) is 11.0. The second kappa shape index (κ2) is 12.1. The predicted molar refractivity (Wildman–Crippen MR) is 122 cm³/mol. The lowest BCUT2D eigenvalue weighted by atomic mass is 10.2. The van der Waals surface area contributed by atoms with Crippen molar-refractivity contribution >= 4 is 17.5 Å². The van der Waals surface area contributed by atoms with E-state index in [1.807, 2.05) is 54.6 Å². The highest BCUT2D eigenvalue weighted by Crippen LogP contribution is 2.22. The first kappa shape index (κ1) is 22.8. The minimum absolute atomic E-state index is 0.0394. The fourth-order valence-corrected chi connectivity index (χ4v) is 3.40. The number of amides is 2. The minimum atomic E-state index is -0.0394. The molecule has 0 atom stereocenters. The van der Waals surface area contributed by atoms with Crippen LogP contribution in [-0.4, -0.2) is 67.4 Å². The molecule has 2 aromatic carbocycles. The average molecular weight is 425 g/mol. The Morgan fingerprint density at radius 3 is 2.03 bits per heavy atom. The highest BCUT2D eigenvalue weighted by Gasteiger charge is 2.20. The Balaban J connectivity index is 1.36. The molecule has 0 bridgehead atoms. The van der Waals surface area contributed by atoms with Crippen LogP contribution in [-0.2, 0) is 9.59 Å². The van der Waals surface area contributed by atoms with Gasteiger partial charge in [-0.2, -0.15) is 0 Å². The molecule has 1 saturated heterocycles. The molecule has 1 aliphatic heterocycles. The van der Waals surface area contributed by atoms with E-state index in [1.165, 1.54) is 0 Å². The first-order chi connectivity index (χ1) is 15.1. The van der Waals surface area contributed by atoms with Crippen molar-refractivity contribution in [2.75, 3.05) is 51.1 Å². The Morgan fingerprint density at radius 1 is 0.839 bits per heavy atom. The van der Waals surface area contributed by atoms with E-state index >= 15 is 0 Å². The molecular weight excluding hydrogens is 392 g/mol. The van der Waals surface area contributed by atoms with Crippen molar-refractivity contribution < 1.29 is 14.3 Å².